The van der Waals surface area contributed by atoms with Crippen molar-refractivity contribution in [2.75, 3.05) is 5.32 Å². The van der Waals surface area contributed by atoms with Crippen LogP contribution in [-0.4, -0.2) is 0 Å². The lowest BCUT2D eigenvalue weighted by Crippen LogP contribution is -2.07. The maximum Gasteiger partial charge on any atom is 0.416 e. The van der Waals surface area contributed by atoms with Gasteiger partial charge in [-0.05, 0) is 42.0 Å². The first-order valence-corrected chi connectivity index (χ1v) is 6.57. The van der Waals surface area contributed by atoms with Gasteiger partial charge in [0.1, 0.15) is 5.82 Å². The molecule has 0 aliphatic heterocycles. The molecule has 0 spiro atoms. The number of hydrogen-bond acceptors (Lipinski definition) is 1. The number of hydrogen-bond donors (Lipinski definition) is 1. The standard InChI is InChI=1S/C14H9Cl2F4N/c15-10-4-9(14(18,19)20)5-12(6-10)21-7-8-3-11(17)1-2-13(8)16/h1-6,21H,7H2. The van der Waals surface area contributed by atoms with Gasteiger partial charge in [-0.3, -0.25) is 0 Å². The van der Waals surface area contributed by atoms with Crippen LogP contribution in [0.4, 0.5) is 23.2 Å². The van der Waals surface area contributed by atoms with Crippen molar-refractivity contribution in [2.45, 2.75) is 12.7 Å². The molecule has 21 heavy (non-hydrogen) atoms. The third-order valence-corrected chi connectivity index (χ3v) is 3.30. The van der Waals surface area contributed by atoms with Gasteiger partial charge in [-0.15, -0.1) is 0 Å². The van der Waals surface area contributed by atoms with Crippen LogP contribution in [0.25, 0.3) is 0 Å². The van der Waals surface area contributed by atoms with Crippen molar-refractivity contribution in [2.24, 2.45) is 0 Å². The molecule has 0 saturated carbocycles. The molecule has 0 bridgehead atoms. The first-order chi connectivity index (χ1) is 9.75. The van der Waals surface area contributed by atoms with Gasteiger partial charge >= 0.3 is 6.18 Å². The van der Waals surface area contributed by atoms with Gasteiger partial charge in [-0.2, -0.15) is 13.2 Å². The summed E-state index contributed by atoms with van der Waals surface area (Å²) in [4.78, 5) is 0. The highest BCUT2D eigenvalue weighted by atomic mass is 35.5. The molecule has 0 saturated heterocycles. The van der Waals surface area contributed by atoms with Gasteiger partial charge in [0, 0.05) is 22.3 Å². The molecule has 2 rings (SSSR count). The molecule has 0 amide bonds. The van der Waals surface area contributed by atoms with Crippen LogP contribution in [0.3, 0.4) is 0 Å². The predicted octanol–water partition coefficient (Wildman–Crippen LogP) is 5.76. The Morgan fingerprint density at radius 2 is 1.71 bits per heavy atom. The highest BCUT2D eigenvalue weighted by Gasteiger charge is 2.31. The Labute approximate surface area is 128 Å². The first-order valence-electron chi connectivity index (χ1n) is 5.81. The van der Waals surface area contributed by atoms with E-state index in [1.165, 1.54) is 24.3 Å². The highest BCUT2D eigenvalue weighted by Crippen LogP contribution is 2.33. The second-order valence-corrected chi connectivity index (χ2v) is 5.16. The molecule has 1 N–H and O–H groups in total. The molecule has 0 fully saturated rings. The Balaban J connectivity index is 2.20. The summed E-state index contributed by atoms with van der Waals surface area (Å²) in [5, 5.41) is 3.02. The minimum atomic E-state index is -4.49. The van der Waals surface area contributed by atoms with Gasteiger partial charge in [0.25, 0.3) is 0 Å². The Kier molecular flexibility index (Phi) is 4.64. The van der Waals surface area contributed by atoms with Crippen LogP contribution in [0.15, 0.2) is 36.4 Å². The molecule has 0 atom stereocenters. The van der Waals surface area contributed by atoms with Crippen LogP contribution in [0, 0.1) is 5.82 Å². The lowest BCUT2D eigenvalue weighted by molar-refractivity contribution is -0.137. The normalized spacial score (nSPS) is 11.5. The van der Waals surface area contributed by atoms with Crippen molar-refractivity contribution in [3.63, 3.8) is 0 Å². The average molecular weight is 338 g/mol. The first kappa shape index (κ1) is 15.9. The quantitative estimate of drug-likeness (QED) is 0.701. The third kappa shape index (κ3) is 4.25. The number of nitrogens with one attached hydrogen (secondary N) is 1. The molecule has 2 aromatic rings. The van der Waals surface area contributed by atoms with E-state index < -0.39 is 17.6 Å². The van der Waals surface area contributed by atoms with E-state index in [2.05, 4.69) is 5.32 Å². The van der Waals surface area contributed by atoms with Crippen LogP contribution in [0.5, 0.6) is 0 Å². The number of rotatable bonds is 3. The molecule has 2 aromatic carbocycles. The monoisotopic (exact) mass is 337 g/mol. The molecule has 0 aliphatic carbocycles. The summed E-state index contributed by atoms with van der Waals surface area (Å²) in [6, 6.07) is 6.91. The summed E-state index contributed by atoms with van der Waals surface area (Å²) in [5.41, 5.74) is -0.247. The van der Waals surface area contributed by atoms with Crippen molar-refractivity contribution < 1.29 is 17.6 Å². The predicted molar refractivity (Wildman–Crippen MR) is 75.2 cm³/mol. The molecule has 1 nitrogen and oxygen atoms in total. The minimum Gasteiger partial charge on any atom is -0.381 e. The summed E-state index contributed by atoms with van der Waals surface area (Å²) in [6.07, 6.45) is -4.49. The van der Waals surface area contributed by atoms with E-state index in [0.29, 0.717) is 10.6 Å². The van der Waals surface area contributed by atoms with Crippen LogP contribution < -0.4 is 5.32 Å². The molecule has 7 heteroatoms. The van der Waals surface area contributed by atoms with Gasteiger partial charge in [-0.25, -0.2) is 4.39 Å². The fraction of sp³-hybridized carbons (Fsp3) is 0.143. The lowest BCUT2D eigenvalue weighted by Gasteiger charge is -2.12. The van der Waals surface area contributed by atoms with E-state index in [1.807, 2.05) is 0 Å². The largest absolute Gasteiger partial charge is 0.416 e. The molecule has 0 aromatic heterocycles. The summed E-state index contributed by atoms with van der Waals surface area (Å²) in [6.45, 7) is 0.0776. The van der Waals surface area contributed by atoms with Gasteiger partial charge in [0.2, 0.25) is 0 Å². The maximum absolute atomic E-state index is 13.1. The topological polar surface area (TPSA) is 12.0 Å². The fourth-order valence-corrected chi connectivity index (χ4v) is 2.15. The van der Waals surface area contributed by atoms with E-state index in [4.69, 9.17) is 23.2 Å². The van der Waals surface area contributed by atoms with Crippen LogP contribution in [0.1, 0.15) is 11.1 Å². The Bertz CT molecular complexity index is 656. The zero-order valence-electron chi connectivity index (χ0n) is 10.4. The van der Waals surface area contributed by atoms with Crippen LogP contribution in [0.2, 0.25) is 10.0 Å². The molecule has 0 heterocycles. The smallest absolute Gasteiger partial charge is 0.381 e. The van der Waals surface area contributed by atoms with Crippen LogP contribution >= 0.6 is 23.2 Å². The van der Waals surface area contributed by atoms with Gasteiger partial charge in [0.05, 0.1) is 5.56 Å². The second-order valence-electron chi connectivity index (χ2n) is 4.32. The van der Waals surface area contributed by atoms with Crippen molar-refractivity contribution in [1.29, 1.82) is 0 Å². The van der Waals surface area contributed by atoms with Gasteiger partial charge < -0.3 is 5.32 Å². The maximum atomic E-state index is 13.1. The highest BCUT2D eigenvalue weighted by molar-refractivity contribution is 6.31. The Hall–Kier alpha value is -1.46. The lowest BCUT2D eigenvalue weighted by atomic mass is 10.1. The number of alkyl halides is 3. The SMILES string of the molecule is Fc1ccc(Cl)c(CNc2cc(Cl)cc(C(F)(F)F)c2)c1. The molecule has 0 aliphatic rings. The second kappa shape index (κ2) is 6.12. The summed E-state index contributed by atoms with van der Waals surface area (Å²) in [7, 11) is 0. The molecular weight excluding hydrogens is 329 g/mol. The number of anilines is 1. The van der Waals surface area contributed by atoms with Crippen molar-refractivity contribution in [1.82, 2.24) is 0 Å². The van der Waals surface area contributed by atoms with E-state index in [9.17, 15) is 17.6 Å². The van der Waals surface area contributed by atoms with Crippen LogP contribution in [-0.2, 0) is 12.7 Å². The van der Waals surface area contributed by atoms with E-state index in [-0.39, 0.29) is 17.3 Å². The number of benzene rings is 2. The average Bonchev–Trinajstić information content (AvgIpc) is 2.38. The molecule has 112 valence electrons. The zero-order valence-corrected chi connectivity index (χ0v) is 12.0. The summed E-state index contributed by atoms with van der Waals surface area (Å²) < 4.78 is 51.1. The van der Waals surface area contributed by atoms with Crippen molar-refractivity contribution in [3.8, 4) is 0 Å². The van der Waals surface area contributed by atoms with E-state index in [1.54, 1.807) is 0 Å². The molecular formula is C14H9Cl2F4N. The minimum absolute atomic E-state index is 0.0438. The third-order valence-electron chi connectivity index (χ3n) is 2.72. The molecule has 0 radical (unpaired) electrons. The van der Waals surface area contributed by atoms with Gasteiger partial charge in [-0.1, -0.05) is 23.2 Å². The number of halogens is 6. The van der Waals surface area contributed by atoms with E-state index >= 15 is 0 Å². The van der Waals surface area contributed by atoms with Crippen molar-refractivity contribution in [3.05, 3.63) is 63.4 Å². The zero-order chi connectivity index (χ0) is 15.6. The Morgan fingerprint density at radius 3 is 2.38 bits per heavy atom. The fourth-order valence-electron chi connectivity index (χ4n) is 1.73. The summed E-state index contributed by atoms with van der Waals surface area (Å²) >= 11 is 11.6. The van der Waals surface area contributed by atoms with E-state index in [0.717, 1.165) is 12.1 Å². The van der Waals surface area contributed by atoms with Gasteiger partial charge in [0.15, 0.2) is 0 Å². The Morgan fingerprint density at radius 1 is 1.00 bits per heavy atom. The summed E-state index contributed by atoms with van der Waals surface area (Å²) in [5.74, 6) is -0.474. The van der Waals surface area contributed by atoms with Crippen molar-refractivity contribution >= 4 is 28.9 Å². The molecule has 0 unspecified atom stereocenters.